The quantitative estimate of drug-likeness (QED) is 0.839. The van der Waals surface area contributed by atoms with Gasteiger partial charge in [0.05, 0.1) is 0 Å². The van der Waals surface area contributed by atoms with Crippen molar-refractivity contribution in [2.75, 3.05) is 0 Å². The number of fused-ring (bicyclic) bond motifs is 1. The Hall–Kier alpha value is -1.35. The average Bonchev–Trinajstić information content (AvgIpc) is 2.76. The summed E-state index contributed by atoms with van der Waals surface area (Å²) in [6.07, 6.45) is 4.08. The molecule has 1 aliphatic carbocycles. The van der Waals surface area contributed by atoms with E-state index in [4.69, 9.17) is 10.8 Å². The van der Waals surface area contributed by atoms with E-state index < -0.39 is 5.97 Å². The van der Waals surface area contributed by atoms with Crippen LogP contribution in [0, 0.1) is 6.92 Å². The van der Waals surface area contributed by atoms with Gasteiger partial charge >= 0.3 is 5.97 Å². The fourth-order valence-electron chi connectivity index (χ4n) is 2.70. The highest BCUT2D eigenvalue weighted by Crippen LogP contribution is 2.32. The van der Waals surface area contributed by atoms with Crippen molar-refractivity contribution in [3.8, 4) is 0 Å². The second-order valence-electron chi connectivity index (χ2n) is 4.82. The Labute approximate surface area is 102 Å². The Morgan fingerprint density at radius 1 is 1.41 bits per heavy atom. The first-order valence-electron chi connectivity index (χ1n) is 6.18. The van der Waals surface area contributed by atoms with Gasteiger partial charge in [-0.1, -0.05) is 12.1 Å². The van der Waals surface area contributed by atoms with Gasteiger partial charge in [0.25, 0.3) is 0 Å². The summed E-state index contributed by atoms with van der Waals surface area (Å²) in [7, 11) is 0. The molecule has 0 bridgehead atoms. The number of benzene rings is 1. The zero-order chi connectivity index (χ0) is 12.4. The van der Waals surface area contributed by atoms with Crippen LogP contribution in [0.4, 0.5) is 0 Å². The zero-order valence-electron chi connectivity index (χ0n) is 10.2. The second kappa shape index (κ2) is 4.88. The van der Waals surface area contributed by atoms with E-state index in [2.05, 4.69) is 19.1 Å². The minimum atomic E-state index is -0.774. The predicted molar refractivity (Wildman–Crippen MR) is 67.0 cm³/mol. The largest absolute Gasteiger partial charge is 0.481 e. The molecule has 0 aromatic heterocycles. The maximum atomic E-state index is 10.6. The Morgan fingerprint density at radius 3 is 2.82 bits per heavy atom. The van der Waals surface area contributed by atoms with Gasteiger partial charge in [0, 0.05) is 12.5 Å². The van der Waals surface area contributed by atoms with Gasteiger partial charge in [-0.15, -0.1) is 0 Å². The number of carbonyl (C=O) groups is 1. The number of aliphatic carboxylic acids is 1. The lowest BCUT2D eigenvalue weighted by molar-refractivity contribution is -0.137. The number of hydrogen-bond donors (Lipinski definition) is 2. The van der Waals surface area contributed by atoms with Gasteiger partial charge in [0.15, 0.2) is 0 Å². The topological polar surface area (TPSA) is 63.3 Å². The van der Waals surface area contributed by atoms with Crippen LogP contribution in [0.3, 0.4) is 0 Å². The summed E-state index contributed by atoms with van der Waals surface area (Å²) in [5, 5.41) is 8.69. The normalized spacial score (nSPS) is 15.6. The molecule has 3 N–H and O–H groups in total. The molecule has 92 valence electrons. The van der Waals surface area contributed by atoms with E-state index >= 15 is 0 Å². The standard InChI is InChI=1S/C14H19NO2/c1-9-5-6-12(11-4-2-3-10(9)11)13(15)7-8-14(16)17/h5-6,13H,2-4,7-8,15H2,1H3,(H,16,17). The average molecular weight is 233 g/mol. The third-order valence-corrected chi connectivity index (χ3v) is 3.62. The fraction of sp³-hybridized carbons (Fsp3) is 0.500. The van der Waals surface area contributed by atoms with Gasteiger partial charge in [-0.3, -0.25) is 4.79 Å². The van der Waals surface area contributed by atoms with E-state index in [0.29, 0.717) is 6.42 Å². The first-order valence-corrected chi connectivity index (χ1v) is 6.18. The Balaban J connectivity index is 2.21. The van der Waals surface area contributed by atoms with Crippen molar-refractivity contribution in [1.29, 1.82) is 0 Å². The van der Waals surface area contributed by atoms with E-state index in [9.17, 15) is 4.79 Å². The van der Waals surface area contributed by atoms with E-state index in [1.807, 2.05) is 0 Å². The summed E-state index contributed by atoms with van der Waals surface area (Å²) < 4.78 is 0. The maximum Gasteiger partial charge on any atom is 0.303 e. The molecule has 2 rings (SSSR count). The predicted octanol–water partition coefficient (Wildman–Crippen LogP) is 2.35. The van der Waals surface area contributed by atoms with Crippen LogP contribution in [0.1, 0.15) is 47.6 Å². The van der Waals surface area contributed by atoms with Crippen molar-refractivity contribution >= 4 is 5.97 Å². The molecule has 0 aliphatic heterocycles. The lowest BCUT2D eigenvalue weighted by Gasteiger charge is -2.16. The molecule has 1 atom stereocenters. The van der Waals surface area contributed by atoms with E-state index in [1.54, 1.807) is 0 Å². The molecule has 1 unspecified atom stereocenters. The molecular formula is C14H19NO2. The van der Waals surface area contributed by atoms with Crippen LogP contribution in [0.15, 0.2) is 12.1 Å². The molecule has 0 saturated carbocycles. The molecule has 0 radical (unpaired) electrons. The van der Waals surface area contributed by atoms with Crippen LogP contribution in [-0.4, -0.2) is 11.1 Å². The summed E-state index contributed by atoms with van der Waals surface area (Å²) >= 11 is 0. The van der Waals surface area contributed by atoms with Crippen LogP contribution in [0.2, 0.25) is 0 Å². The number of carboxylic acids is 1. The third-order valence-electron chi connectivity index (χ3n) is 3.62. The van der Waals surface area contributed by atoms with Gasteiger partial charge in [0.1, 0.15) is 0 Å². The SMILES string of the molecule is Cc1ccc(C(N)CCC(=O)O)c2c1CCC2. The van der Waals surface area contributed by atoms with Crippen molar-refractivity contribution < 1.29 is 9.90 Å². The van der Waals surface area contributed by atoms with Gasteiger partial charge in [-0.2, -0.15) is 0 Å². The Kier molecular flexibility index (Phi) is 3.48. The van der Waals surface area contributed by atoms with Crippen molar-refractivity contribution in [3.05, 3.63) is 34.4 Å². The molecule has 17 heavy (non-hydrogen) atoms. The van der Waals surface area contributed by atoms with Gasteiger partial charge in [0.2, 0.25) is 0 Å². The summed E-state index contributed by atoms with van der Waals surface area (Å²) in [6, 6.07) is 4.05. The molecule has 0 heterocycles. The highest BCUT2D eigenvalue weighted by Gasteiger charge is 2.20. The highest BCUT2D eigenvalue weighted by atomic mass is 16.4. The van der Waals surface area contributed by atoms with Gasteiger partial charge in [-0.05, 0) is 54.9 Å². The third kappa shape index (κ3) is 2.50. The van der Waals surface area contributed by atoms with Crippen LogP contribution < -0.4 is 5.73 Å². The molecule has 0 fully saturated rings. The number of aryl methyl sites for hydroxylation is 1. The van der Waals surface area contributed by atoms with E-state index in [1.165, 1.54) is 23.1 Å². The minimum Gasteiger partial charge on any atom is -0.481 e. The molecule has 3 nitrogen and oxygen atoms in total. The maximum absolute atomic E-state index is 10.6. The summed E-state index contributed by atoms with van der Waals surface area (Å²) in [5.74, 6) is -0.774. The lowest BCUT2D eigenvalue weighted by atomic mass is 9.93. The molecule has 1 aliphatic rings. The smallest absolute Gasteiger partial charge is 0.303 e. The van der Waals surface area contributed by atoms with Crippen LogP contribution >= 0.6 is 0 Å². The summed E-state index contributed by atoms with van der Waals surface area (Å²) in [5.41, 5.74) is 11.4. The summed E-state index contributed by atoms with van der Waals surface area (Å²) in [4.78, 5) is 10.6. The van der Waals surface area contributed by atoms with E-state index in [0.717, 1.165) is 18.4 Å². The molecule has 0 amide bonds. The number of carboxylic acid groups (broad SMARTS) is 1. The monoisotopic (exact) mass is 233 g/mol. The molecule has 1 aromatic carbocycles. The van der Waals surface area contributed by atoms with Gasteiger partial charge in [-0.25, -0.2) is 0 Å². The van der Waals surface area contributed by atoms with Crippen molar-refractivity contribution in [2.24, 2.45) is 5.73 Å². The highest BCUT2D eigenvalue weighted by molar-refractivity contribution is 5.66. The molecule has 0 saturated heterocycles. The summed E-state index contributed by atoms with van der Waals surface area (Å²) in [6.45, 7) is 2.14. The number of rotatable bonds is 4. The van der Waals surface area contributed by atoms with Gasteiger partial charge < -0.3 is 10.8 Å². The van der Waals surface area contributed by atoms with Crippen molar-refractivity contribution in [1.82, 2.24) is 0 Å². The van der Waals surface area contributed by atoms with Crippen LogP contribution in [0.5, 0.6) is 0 Å². The molecule has 3 heteroatoms. The first kappa shape index (κ1) is 12.1. The fourth-order valence-corrected chi connectivity index (χ4v) is 2.70. The lowest BCUT2D eigenvalue weighted by Crippen LogP contribution is -2.14. The Morgan fingerprint density at radius 2 is 2.12 bits per heavy atom. The van der Waals surface area contributed by atoms with Crippen molar-refractivity contribution in [3.63, 3.8) is 0 Å². The Bertz CT molecular complexity index is 440. The van der Waals surface area contributed by atoms with Crippen molar-refractivity contribution in [2.45, 2.75) is 45.1 Å². The number of nitrogens with two attached hydrogens (primary N) is 1. The first-order chi connectivity index (χ1) is 8.09. The second-order valence-corrected chi connectivity index (χ2v) is 4.82. The minimum absolute atomic E-state index is 0.140. The van der Waals surface area contributed by atoms with Crippen LogP contribution in [0.25, 0.3) is 0 Å². The van der Waals surface area contributed by atoms with E-state index in [-0.39, 0.29) is 12.5 Å². The zero-order valence-corrected chi connectivity index (χ0v) is 10.2. The molecular weight excluding hydrogens is 214 g/mol. The molecule has 0 spiro atoms. The number of hydrogen-bond acceptors (Lipinski definition) is 2. The molecule has 1 aromatic rings. The van der Waals surface area contributed by atoms with Crippen LogP contribution in [-0.2, 0) is 17.6 Å².